The molecule has 0 aromatic carbocycles. The summed E-state index contributed by atoms with van der Waals surface area (Å²) in [7, 11) is -2.89. The summed E-state index contributed by atoms with van der Waals surface area (Å²) >= 11 is 4.11. The van der Waals surface area contributed by atoms with E-state index < -0.39 is 14.8 Å². The van der Waals surface area contributed by atoms with Crippen LogP contribution in [0.25, 0.3) is 0 Å². The average Bonchev–Trinajstić information content (AvgIpc) is 2.51. The second kappa shape index (κ2) is 13.5. The van der Waals surface area contributed by atoms with Crippen molar-refractivity contribution in [2.24, 2.45) is 0 Å². The maximum absolute atomic E-state index is 11.1. The minimum Gasteiger partial charge on any atom is -0.463 e. The molecule has 142 valence electrons. The van der Waals surface area contributed by atoms with Gasteiger partial charge in [0.25, 0.3) is 0 Å². The zero-order valence-corrected chi connectivity index (χ0v) is 18.9. The normalized spacial score (nSPS) is 12.2. The Morgan fingerprint density at radius 3 is 1.71 bits per heavy atom. The summed E-state index contributed by atoms with van der Waals surface area (Å²) in [5.74, 6) is -0.422. The van der Waals surface area contributed by atoms with Gasteiger partial charge < -0.3 is 16.4 Å². The van der Waals surface area contributed by atoms with E-state index in [0.29, 0.717) is 34.8 Å². The molecular weight excluding hydrogens is 384 g/mol. The van der Waals surface area contributed by atoms with Gasteiger partial charge in [0, 0.05) is 27.9 Å². The van der Waals surface area contributed by atoms with Gasteiger partial charge in [0.1, 0.15) is 0 Å². The number of hydrogen-bond acceptors (Lipinski definition) is 8. The molecule has 0 rings (SSSR count). The number of hydrogen-bond donors (Lipinski definition) is 0. The first-order valence-electron chi connectivity index (χ1n) is 8.03. The number of carbonyl (C=O) groups excluding carboxylic acids is 1. The van der Waals surface area contributed by atoms with Crippen LogP contribution in [0, 0.1) is 0 Å². The highest BCUT2D eigenvalue weighted by molar-refractivity contribution is 7.99. The van der Waals surface area contributed by atoms with Crippen LogP contribution in [0.15, 0.2) is 12.7 Å². The molecule has 0 fully saturated rings. The van der Waals surface area contributed by atoms with Crippen molar-refractivity contribution in [2.45, 2.75) is 69.8 Å². The molecular formula is C15H30O5S3Si. The van der Waals surface area contributed by atoms with Gasteiger partial charge in [-0.1, -0.05) is 48.1 Å². The van der Waals surface area contributed by atoms with E-state index in [1.807, 2.05) is 0 Å². The minimum atomic E-state index is -2.89. The van der Waals surface area contributed by atoms with Crippen LogP contribution < -0.4 is 0 Å². The Morgan fingerprint density at radius 1 is 0.958 bits per heavy atom. The SMILES string of the molecule is C=CC(=O)OCCC[Si](OSC(C)C)(OSC(C)C)OSC(C)C. The first kappa shape index (κ1) is 24.4. The van der Waals surface area contributed by atoms with Crippen molar-refractivity contribution in [3.8, 4) is 0 Å². The molecule has 0 heterocycles. The summed E-state index contributed by atoms with van der Waals surface area (Å²) in [6, 6.07) is 0.580. The fraction of sp³-hybridized carbons (Fsp3) is 0.800. The first-order chi connectivity index (χ1) is 11.2. The molecule has 0 aromatic rings. The van der Waals surface area contributed by atoms with Gasteiger partial charge in [-0.05, 0) is 42.5 Å². The van der Waals surface area contributed by atoms with Crippen molar-refractivity contribution >= 4 is 50.9 Å². The largest absolute Gasteiger partial charge is 0.535 e. The van der Waals surface area contributed by atoms with Crippen LogP contribution in [0.2, 0.25) is 6.04 Å². The second-order valence-electron chi connectivity index (χ2n) is 5.84. The fourth-order valence-corrected chi connectivity index (χ4v) is 7.93. The predicted molar refractivity (Wildman–Crippen MR) is 108 cm³/mol. The molecule has 24 heavy (non-hydrogen) atoms. The van der Waals surface area contributed by atoms with Gasteiger partial charge in [-0.2, -0.15) is 0 Å². The molecule has 9 heteroatoms. The Morgan fingerprint density at radius 2 is 1.38 bits per heavy atom. The van der Waals surface area contributed by atoms with E-state index in [9.17, 15) is 4.79 Å². The van der Waals surface area contributed by atoms with Crippen LogP contribution in [0.3, 0.4) is 0 Å². The van der Waals surface area contributed by atoms with E-state index in [1.165, 1.54) is 36.1 Å². The Hall–Kier alpha value is 0.357. The highest BCUT2D eigenvalue weighted by Crippen LogP contribution is 2.34. The summed E-state index contributed by atoms with van der Waals surface area (Å²) in [4.78, 5) is 11.1. The standard InChI is InChI=1S/C15H30O5S3Si/c1-8-15(16)17-10-9-11-24(18-21-12(2)3,19-22-13(4)5)20-23-14(6)7/h8,12-14H,1,9-11H2,2-7H3. The lowest BCUT2D eigenvalue weighted by Crippen LogP contribution is -2.41. The van der Waals surface area contributed by atoms with Crippen LogP contribution in [0.1, 0.15) is 48.0 Å². The highest BCUT2D eigenvalue weighted by Gasteiger charge is 2.44. The molecule has 0 spiro atoms. The van der Waals surface area contributed by atoms with Gasteiger partial charge in [-0.15, -0.1) is 0 Å². The molecule has 0 aliphatic rings. The molecule has 0 radical (unpaired) electrons. The molecule has 0 saturated heterocycles. The molecule has 0 unspecified atom stereocenters. The number of esters is 1. The zero-order valence-electron chi connectivity index (χ0n) is 15.4. The van der Waals surface area contributed by atoms with Gasteiger partial charge in [-0.25, -0.2) is 4.79 Å². The summed E-state index contributed by atoms with van der Waals surface area (Å²) < 4.78 is 23.1. The summed E-state index contributed by atoms with van der Waals surface area (Å²) in [6.45, 7) is 16.0. The van der Waals surface area contributed by atoms with Gasteiger partial charge >= 0.3 is 14.8 Å². The molecule has 0 aliphatic heterocycles. The molecule has 0 saturated carbocycles. The lowest BCUT2D eigenvalue weighted by molar-refractivity contribution is -0.137. The lowest BCUT2D eigenvalue weighted by Gasteiger charge is -2.28. The first-order valence-corrected chi connectivity index (χ1v) is 12.4. The molecule has 0 bridgehead atoms. The second-order valence-corrected chi connectivity index (χ2v) is 13.1. The quantitative estimate of drug-likeness (QED) is 0.125. The Labute approximate surface area is 161 Å². The van der Waals surface area contributed by atoms with Crippen LogP contribution in [-0.2, 0) is 21.1 Å². The van der Waals surface area contributed by atoms with Crippen LogP contribution in [0.5, 0.6) is 0 Å². The molecule has 0 atom stereocenters. The molecule has 5 nitrogen and oxygen atoms in total. The third-order valence-electron chi connectivity index (χ3n) is 2.14. The van der Waals surface area contributed by atoms with Crippen molar-refractivity contribution in [3.05, 3.63) is 12.7 Å². The third kappa shape index (κ3) is 12.7. The van der Waals surface area contributed by atoms with Crippen LogP contribution in [-0.4, -0.2) is 37.1 Å². The number of carbonyl (C=O) groups is 1. The molecule has 0 aromatic heterocycles. The smallest absolute Gasteiger partial charge is 0.463 e. The van der Waals surface area contributed by atoms with E-state index in [0.717, 1.165) is 6.08 Å². The van der Waals surface area contributed by atoms with E-state index >= 15 is 0 Å². The molecule has 0 N–H and O–H groups in total. The van der Waals surface area contributed by atoms with Crippen molar-refractivity contribution in [1.82, 2.24) is 0 Å². The van der Waals surface area contributed by atoms with Gasteiger partial charge in [0.2, 0.25) is 0 Å². The number of ether oxygens (including phenoxy) is 1. The van der Waals surface area contributed by atoms with E-state index in [4.69, 9.17) is 16.4 Å². The zero-order chi connectivity index (χ0) is 18.6. The minimum absolute atomic E-state index is 0.292. The highest BCUT2D eigenvalue weighted by atomic mass is 32.2. The van der Waals surface area contributed by atoms with E-state index in [-0.39, 0.29) is 0 Å². The van der Waals surface area contributed by atoms with Crippen molar-refractivity contribution in [2.75, 3.05) is 6.61 Å². The number of rotatable bonds is 14. The molecule has 0 amide bonds. The lowest BCUT2D eigenvalue weighted by atomic mass is 10.5. The Balaban J connectivity index is 4.84. The fourth-order valence-electron chi connectivity index (χ4n) is 1.20. The van der Waals surface area contributed by atoms with Gasteiger partial charge in [-0.3, -0.25) is 0 Å². The maximum Gasteiger partial charge on any atom is 0.535 e. The van der Waals surface area contributed by atoms with E-state index in [2.05, 4.69) is 48.1 Å². The van der Waals surface area contributed by atoms with E-state index in [1.54, 1.807) is 0 Å². The topological polar surface area (TPSA) is 54.0 Å². The van der Waals surface area contributed by atoms with Crippen LogP contribution in [0.4, 0.5) is 0 Å². The summed E-state index contributed by atoms with van der Waals surface area (Å²) in [5.41, 5.74) is 0. The van der Waals surface area contributed by atoms with Gasteiger partial charge in [0.15, 0.2) is 0 Å². The van der Waals surface area contributed by atoms with Crippen molar-refractivity contribution in [3.63, 3.8) is 0 Å². The average molecular weight is 415 g/mol. The summed E-state index contributed by atoms with van der Waals surface area (Å²) in [6.07, 6.45) is 1.77. The monoisotopic (exact) mass is 414 g/mol. The summed E-state index contributed by atoms with van der Waals surface area (Å²) in [5, 5.41) is 0.905. The van der Waals surface area contributed by atoms with Crippen molar-refractivity contribution in [1.29, 1.82) is 0 Å². The van der Waals surface area contributed by atoms with Crippen molar-refractivity contribution < 1.29 is 21.1 Å². The van der Waals surface area contributed by atoms with Gasteiger partial charge in [0.05, 0.1) is 6.61 Å². The molecule has 0 aliphatic carbocycles. The van der Waals surface area contributed by atoms with Crippen LogP contribution >= 0.6 is 36.1 Å². The Bertz CT molecular complexity index is 336. The third-order valence-corrected chi connectivity index (χ3v) is 8.46. The maximum atomic E-state index is 11.1. The predicted octanol–water partition coefficient (Wildman–Crippen LogP) is 5.26. The Kier molecular flexibility index (Phi) is 13.7.